The van der Waals surface area contributed by atoms with Crippen LogP contribution in [0.25, 0.3) is 0 Å². The van der Waals surface area contributed by atoms with Gasteiger partial charge in [0.1, 0.15) is 6.04 Å². The van der Waals surface area contributed by atoms with Gasteiger partial charge >= 0.3 is 6.18 Å². The Morgan fingerprint density at radius 2 is 1.94 bits per heavy atom. The first-order valence-corrected chi connectivity index (χ1v) is 5.59. The lowest BCUT2D eigenvalue weighted by molar-refractivity contribution is -0.139. The maximum Gasteiger partial charge on any atom is 0.416 e. The van der Waals surface area contributed by atoms with Crippen LogP contribution in [0.15, 0.2) is 24.3 Å². The average Bonchev–Trinajstić information content (AvgIpc) is 2.28. The summed E-state index contributed by atoms with van der Waals surface area (Å²) in [6.45, 7) is 2.24. The quantitative estimate of drug-likeness (QED) is 0.807. The van der Waals surface area contributed by atoms with E-state index < -0.39 is 23.7 Å². The molecule has 0 unspecified atom stereocenters. The van der Waals surface area contributed by atoms with Crippen molar-refractivity contribution in [1.82, 2.24) is 10.6 Å². The van der Waals surface area contributed by atoms with Gasteiger partial charge in [-0.05, 0) is 18.6 Å². The number of amides is 1. The fraction of sp³-hybridized carbons (Fsp3) is 0.417. The highest BCUT2D eigenvalue weighted by Gasteiger charge is 2.37. The van der Waals surface area contributed by atoms with Gasteiger partial charge in [0.2, 0.25) is 5.91 Å². The molecule has 18 heavy (non-hydrogen) atoms. The van der Waals surface area contributed by atoms with Gasteiger partial charge in [0, 0.05) is 12.6 Å². The van der Waals surface area contributed by atoms with Gasteiger partial charge < -0.3 is 10.6 Å². The van der Waals surface area contributed by atoms with Crippen LogP contribution in [0, 0.1) is 0 Å². The maximum absolute atomic E-state index is 12.8. The van der Waals surface area contributed by atoms with Gasteiger partial charge in [-0.25, -0.2) is 0 Å². The summed E-state index contributed by atoms with van der Waals surface area (Å²) in [7, 11) is 0. The van der Waals surface area contributed by atoms with Gasteiger partial charge in [-0.15, -0.1) is 0 Å². The van der Waals surface area contributed by atoms with Crippen LogP contribution in [0.2, 0.25) is 0 Å². The summed E-state index contributed by atoms with van der Waals surface area (Å²) < 4.78 is 38.5. The zero-order valence-electron chi connectivity index (χ0n) is 9.71. The second kappa shape index (κ2) is 4.61. The molecular weight excluding hydrogens is 245 g/mol. The average molecular weight is 258 g/mol. The molecule has 1 fully saturated rings. The summed E-state index contributed by atoms with van der Waals surface area (Å²) in [6.07, 6.45) is -4.46. The fourth-order valence-corrected chi connectivity index (χ4v) is 2.02. The standard InChI is InChI=1S/C12H13F3N2O/c1-7-6-16-10(11(18)17-7)8-4-2-3-5-9(8)12(13,14)15/h2-5,7,10,16H,6H2,1H3,(H,17,18)/t7-,10+/m0/s1. The van der Waals surface area contributed by atoms with Crippen LogP contribution in [0.3, 0.4) is 0 Å². The zero-order valence-corrected chi connectivity index (χ0v) is 9.71. The van der Waals surface area contributed by atoms with Crippen molar-refractivity contribution in [2.75, 3.05) is 6.54 Å². The molecule has 1 saturated heterocycles. The Morgan fingerprint density at radius 3 is 2.56 bits per heavy atom. The number of carbonyl (C=O) groups is 1. The number of carbonyl (C=O) groups excluding carboxylic acids is 1. The molecule has 0 aromatic heterocycles. The van der Waals surface area contributed by atoms with E-state index in [0.29, 0.717) is 6.54 Å². The molecule has 0 bridgehead atoms. The van der Waals surface area contributed by atoms with Crippen LogP contribution in [-0.2, 0) is 11.0 Å². The fourth-order valence-electron chi connectivity index (χ4n) is 2.02. The first-order valence-electron chi connectivity index (χ1n) is 5.59. The lowest BCUT2D eigenvalue weighted by Crippen LogP contribution is -2.52. The van der Waals surface area contributed by atoms with Crippen molar-refractivity contribution in [1.29, 1.82) is 0 Å². The van der Waals surface area contributed by atoms with Crippen molar-refractivity contribution < 1.29 is 18.0 Å². The first kappa shape index (κ1) is 12.9. The van der Waals surface area contributed by atoms with Crippen LogP contribution < -0.4 is 10.6 Å². The molecule has 0 saturated carbocycles. The van der Waals surface area contributed by atoms with Crippen molar-refractivity contribution in [3.05, 3.63) is 35.4 Å². The van der Waals surface area contributed by atoms with E-state index in [1.165, 1.54) is 18.2 Å². The third-order valence-corrected chi connectivity index (χ3v) is 2.86. The molecule has 1 aromatic carbocycles. The Kier molecular flexibility index (Phi) is 3.30. The molecule has 1 aliphatic heterocycles. The Bertz CT molecular complexity index is 459. The number of alkyl halides is 3. The second-order valence-corrected chi connectivity index (χ2v) is 4.34. The van der Waals surface area contributed by atoms with E-state index in [9.17, 15) is 18.0 Å². The van der Waals surface area contributed by atoms with Crippen molar-refractivity contribution in [3.63, 3.8) is 0 Å². The second-order valence-electron chi connectivity index (χ2n) is 4.34. The van der Waals surface area contributed by atoms with E-state index in [0.717, 1.165) is 6.07 Å². The topological polar surface area (TPSA) is 41.1 Å². The normalized spacial score (nSPS) is 24.8. The Labute approximate surface area is 102 Å². The molecule has 2 rings (SSSR count). The number of benzene rings is 1. The zero-order chi connectivity index (χ0) is 13.3. The highest BCUT2D eigenvalue weighted by atomic mass is 19.4. The number of piperazine rings is 1. The molecule has 0 spiro atoms. The SMILES string of the molecule is C[C@H]1CN[C@H](c2ccccc2C(F)(F)F)C(=O)N1. The van der Waals surface area contributed by atoms with Crippen molar-refractivity contribution >= 4 is 5.91 Å². The summed E-state index contributed by atoms with van der Waals surface area (Å²) in [5.74, 6) is -0.426. The summed E-state index contributed by atoms with van der Waals surface area (Å²) in [6, 6.07) is 4.11. The molecule has 1 aromatic rings. The molecule has 0 radical (unpaired) electrons. The molecule has 0 aliphatic carbocycles. The van der Waals surface area contributed by atoms with Crippen LogP contribution in [0.5, 0.6) is 0 Å². The van der Waals surface area contributed by atoms with Crippen LogP contribution in [-0.4, -0.2) is 18.5 Å². The van der Waals surface area contributed by atoms with Crippen LogP contribution in [0.4, 0.5) is 13.2 Å². The minimum absolute atomic E-state index is 0.0330. The molecule has 1 aliphatic rings. The van der Waals surface area contributed by atoms with Gasteiger partial charge in [-0.1, -0.05) is 18.2 Å². The lowest BCUT2D eigenvalue weighted by atomic mass is 9.97. The number of rotatable bonds is 1. The molecule has 2 atom stereocenters. The molecule has 1 amide bonds. The van der Waals surface area contributed by atoms with Gasteiger partial charge in [-0.2, -0.15) is 13.2 Å². The van der Waals surface area contributed by atoms with E-state index in [4.69, 9.17) is 0 Å². The number of hydrogen-bond acceptors (Lipinski definition) is 2. The summed E-state index contributed by atoms with van der Waals surface area (Å²) in [5.41, 5.74) is -0.804. The largest absolute Gasteiger partial charge is 0.416 e. The monoisotopic (exact) mass is 258 g/mol. The Balaban J connectivity index is 2.37. The van der Waals surface area contributed by atoms with E-state index in [1.54, 1.807) is 6.92 Å². The number of halogens is 3. The molecule has 3 nitrogen and oxygen atoms in total. The summed E-state index contributed by atoms with van der Waals surface area (Å²) in [5, 5.41) is 5.47. The van der Waals surface area contributed by atoms with Crippen molar-refractivity contribution in [2.45, 2.75) is 25.2 Å². The Morgan fingerprint density at radius 1 is 1.28 bits per heavy atom. The van der Waals surface area contributed by atoms with Crippen molar-refractivity contribution in [2.24, 2.45) is 0 Å². The summed E-state index contributed by atoms with van der Waals surface area (Å²) >= 11 is 0. The lowest BCUT2D eigenvalue weighted by Gasteiger charge is -2.29. The first-order chi connectivity index (χ1) is 8.39. The third kappa shape index (κ3) is 2.48. The molecule has 98 valence electrons. The smallest absolute Gasteiger partial charge is 0.351 e. The molecule has 1 heterocycles. The van der Waals surface area contributed by atoms with Gasteiger partial charge in [-0.3, -0.25) is 4.79 Å². The van der Waals surface area contributed by atoms with E-state index >= 15 is 0 Å². The third-order valence-electron chi connectivity index (χ3n) is 2.86. The molecular formula is C12H13F3N2O. The van der Waals surface area contributed by atoms with Gasteiger partial charge in [0.15, 0.2) is 0 Å². The van der Waals surface area contributed by atoms with E-state index in [-0.39, 0.29) is 11.6 Å². The maximum atomic E-state index is 12.8. The van der Waals surface area contributed by atoms with E-state index in [1.807, 2.05) is 0 Å². The Hall–Kier alpha value is -1.56. The van der Waals surface area contributed by atoms with Crippen molar-refractivity contribution in [3.8, 4) is 0 Å². The predicted octanol–water partition coefficient (Wildman–Crippen LogP) is 1.85. The van der Waals surface area contributed by atoms with Crippen LogP contribution in [0.1, 0.15) is 24.1 Å². The van der Waals surface area contributed by atoms with E-state index in [2.05, 4.69) is 10.6 Å². The van der Waals surface area contributed by atoms with Gasteiger partial charge in [0.05, 0.1) is 5.56 Å². The molecule has 2 N–H and O–H groups in total. The highest BCUT2D eigenvalue weighted by Crippen LogP contribution is 2.34. The molecule has 6 heteroatoms. The number of hydrogen-bond donors (Lipinski definition) is 2. The van der Waals surface area contributed by atoms with Gasteiger partial charge in [0.25, 0.3) is 0 Å². The predicted molar refractivity (Wildman–Crippen MR) is 59.8 cm³/mol. The number of nitrogens with one attached hydrogen (secondary N) is 2. The minimum Gasteiger partial charge on any atom is -0.351 e. The van der Waals surface area contributed by atoms with Crippen LogP contribution >= 0.6 is 0 Å². The highest BCUT2D eigenvalue weighted by molar-refractivity contribution is 5.84. The summed E-state index contributed by atoms with van der Waals surface area (Å²) in [4.78, 5) is 11.7. The minimum atomic E-state index is -4.46.